The Bertz CT molecular complexity index is 462. The minimum absolute atomic E-state index is 0.289. The van der Waals surface area contributed by atoms with E-state index < -0.39 is 0 Å². The molecule has 0 saturated heterocycles. The lowest BCUT2D eigenvalue weighted by molar-refractivity contribution is 0.475. The maximum atomic E-state index is 9.34. The summed E-state index contributed by atoms with van der Waals surface area (Å²) in [5, 5.41) is 13.8. The Morgan fingerprint density at radius 2 is 2.27 bits per heavy atom. The third-order valence-corrected chi connectivity index (χ3v) is 2.69. The van der Waals surface area contributed by atoms with Crippen LogP contribution in [0.4, 0.5) is 0 Å². The lowest BCUT2D eigenvalue weighted by atomic mass is 10.0. The number of rotatable bonds is 3. The molecule has 0 saturated carbocycles. The Hall–Kier alpha value is -1.51. The zero-order chi connectivity index (χ0) is 10.8. The van der Waals surface area contributed by atoms with Gasteiger partial charge in [0.2, 0.25) is 0 Å². The summed E-state index contributed by atoms with van der Waals surface area (Å²) in [7, 11) is 0. The molecule has 0 aliphatic rings. The smallest absolute Gasteiger partial charge is 0.119 e. The van der Waals surface area contributed by atoms with E-state index in [1.165, 1.54) is 6.42 Å². The fourth-order valence-corrected chi connectivity index (χ4v) is 1.82. The van der Waals surface area contributed by atoms with Gasteiger partial charge in [-0.2, -0.15) is 5.10 Å². The van der Waals surface area contributed by atoms with Crippen molar-refractivity contribution in [2.75, 3.05) is 0 Å². The molecule has 0 fully saturated rings. The molecule has 0 spiro atoms. The predicted molar refractivity (Wildman–Crippen MR) is 60.2 cm³/mol. The van der Waals surface area contributed by atoms with Gasteiger partial charge in [0.1, 0.15) is 5.75 Å². The van der Waals surface area contributed by atoms with E-state index in [0.717, 1.165) is 17.6 Å². The predicted octanol–water partition coefficient (Wildman–Crippen LogP) is 2.94. The number of fused-ring (bicyclic) bond motifs is 1. The van der Waals surface area contributed by atoms with Gasteiger partial charge in [0.15, 0.2) is 0 Å². The lowest BCUT2D eigenvalue weighted by Gasteiger charge is -2.04. The van der Waals surface area contributed by atoms with E-state index in [2.05, 4.69) is 18.9 Å². The largest absolute Gasteiger partial charge is 0.508 e. The van der Waals surface area contributed by atoms with Gasteiger partial charge in [-0.15, -0.1) is 0 Å². The lowest BCUT2D eigenvalue weighted by Crippen LogP contribution is -1.94. The van der Waals surface area contributed by atoms with Crippen LogP contribution in [-0.2, 0) is 0 Å². The molecule has 0 radical (unpaired) electrons. The van der Waals surface area contributed by atoms with Crippen LogP contribution in [0.25, 0.3) is 5.52 Å². The first-order valence-corrected chi connectivity index (χ1v) is 5.39. The summed E-state index contributed by atoms with van der Waals surface area (Å²) in [6, 6.07) is 5.42. The monoisotopic (exact) mass is 204 g/mol. The van der Waals surface area contributed by atoms with Crippen molar-refractivity contribution in [1.82, 2.24) is 9.61 Å². The summed E-state index contributed by atoms with van der Waals surface area (Å²) in [4.78, 5) is 0. The first kappa shape index (κ1) is 10.0. The number of pyridine rings is 1. The van der Waals surface area contributed by atoms with E-state index in [4.69, 9.17) is 0 Å². The second-order valence-corrected chi connectivity index (χ2v) is 4.01. The molecule has 0 bridgehead atoms. The van der Waals surface area contributed by atoms with E-state index in [1.54, 1.807) is 22.8 Å². The minimum atomic E-state index is 0.289. The number of aromatic hydroxyl groups is 1. The van der Waals surface area contributed by atoms with Crippen molar-refractivity contribution in [2.45, 2.75) is 32.6 Å². The van der Waals surface area contributed by atoms with Gasteiger partial charge in [0.25, 0.3) is 0 Å². The summed E-state index contributed by atoms with van der Waals surface area (Å²) in [6.45, 7) is 4.36. The van der Waals surface area contributed by atoms with Gasteiger partial charge in [0, 0.05) is 18.2 Å². The van der Waals surface area contributed by atoms with Crippen molar-refractivity contribution < 1.29 is 5.11 Å². The van der Waals surface area contributed by atoms with E-state index in [9.17, 15) is 5.11 Å². The highest BCUT2D eigenvalue weighted by Gasteiger charge is 2.09. The van der Waals surface area contributed by atoms with Gasteiger partial charge in [0.05, 0.1) is 11.2 Å². The molecule has 3 nitrogen and oxygen atoms in total. The van der Waals surface area contributed by atoms with Crippen molar-refractivity contribution in [2.24, 2.45) is 0 Å². The summed E-state index contributed by atoms with van der Waals surface area (Å²) < 4.78 is 1.81. The average molecular weight is 204 g/mol. The van der Waals surface area contributed by atoms with E-state index in [0.29, 0.717) is 5.92 Å². The number of aromatic nitrogens is 2. The second kappa shape index (κ2) is 3.93. The van der Waals surface area contributed by atoms with Crippen molar-refractivity contribution in [1.29, 1.82) is 0 Å². The number of nitrogens with zero attached hydrogens (tertiary/aromatic N) is 2. The molecule has 0 amide bonds. The van der Waals surface area contributed by atoms with Crippen LogP contribution in [0.15, 0.2) is 24.4 Å². The van der Waals surface area contributed by atoms with Crippen molar-refractivity contribution >= 4 is 5.52 Å². The zero-order valence-electron chi connectivity index (χ0n) is 9.14. The molecular formula is C12H16N2O. The van der Waals surface area contributed by atoms with Crippen LogP contribution in [0.2, 0.25) is 0 Å². The van der Waals surface area contributed by atoms with Crippen LogP contribution in [0.3, 0.4) is 0 Å². The Labute approximate surface area is 89.4 Å². The first-order chi connectivity index (χ1) is 7.20. The molecule has 15 heavy (non-hydrogen) atoms. The summed E-state index contributed by atoms with van der Waals surface area (Å²) in [5.74, 6) is 0.772. The maximum absolute atomic E-state index is 9.34. The van der Waals surface area contributed by atoms with Gasteiger partial charge in [-0.05, 0) is 18.6 Å². The highest BCUT2D eigenvalue weighted by atomic mass is 16.3. The minimum Gasteiger partial charge on any atom is -0.508 e. The fourth-order valence-electron chi connectivity index (χ4n) is 1.82. The topological polar surface area (TPSA) is 37.5 Å². The molecule has 2 aromatic rings. The Morgan fingerprint density at radius 3 is 3.00 bits per heavy atom. The van der Waals surface area contributed by atoms with Gasteiger partial charge in [-0.25, -0.2) is 4.52 Å². The molecule has 2 rings (SSSR count). The average Bonchev–Trinajstić information content (AvgIpc) is 2.60. The SMILES string of the molecule is CCCC(C)c1cc2cc(O)ccn2n1. The standard InChI is InChI=1S/C12H16N2O/c1-3-4-9(2)12-8-10-7-11(15)5-6-14(10)13-12/h5-9,15H,3-4H2,1-2H3. The molecule has 3 heteroatoms. The Morgan fingerprint density at radius 1 is 1.47 bits per heavy atom. The molecule has 0 aliphatic carbocycles. The molecule has 2 heterocycles. The van der Waals surface area contributed by atoms with Crippen LogP contribution >= 0.6 is 0 Å². The number of hydrogen-bond donors (Lipinski definition) is 1. The summed E-state index contributed by atoms with van der Waals surface area (Å²) in [6.07, 6.45) is 4.10. The molecule has 1 unspecified atom stereocenters. The third-order valence-electron chi connectivity index (χ3n) is 2.69. The van der Waals surface area contributed by atoms with Gasteiger partial charge >= 0.3 is 0 Å². The molecule has 1 N–H and O–H groups in total. The van der Waals surface area contributed by atoms with Gasteiger partial charge in [-0.3, -0.25) is 0 Å². The molecule has 2 aromatic heterocycles. The molecule has 1 atom stereocenters. The zero-order valence-corrected chi connectivity index (χ0v) is 9.14. The Kier molecular flexibility index (Phi) is 2.62. The van der Waals surface area contributed by atoms with E-state index in [-0.39, 0.29) is 5.75 Å². The van der Waals surface area contributed by atoms with Crippen LogP contribution in [0, 0.1) is 0 Å². The first-order valence-electron chi connectivity index (χ1n) is 5.39. The van der Waals surface area contributed by atoms with Crippen LogP contribution in [0.5, 0.6) is 5.75 Å². The third kappa shape index (κ3) is 1.96. The van der Waals surface area contributed by atoms with Gasteiger partial charge < -0.3 is 5.11 Å². The second-order valence-electron chi connectivity index (χ2n) is 4.01. The van der Waals surface area contributed by atoms with Crippen molar-refractivity contribution in [3.63, 3.8) is 0 Å². The Balaban J connectivity index is 2.38. The quantitative estimate of drug-likeness (QED) is 0.834. The molecule has 0 aromatic carbocycles. The molecule has 80 valence electrons. The fraction of sp³-hybridized carbons (Fsp3) is 0.417. The van der Waals surface area contributed by atoms with E-state index in [1.807, 2.05) is 6.07 Å². The van der Waals surface area contributed by atoms with Crippen molar-refractivity contribution in [3.05, 3.63) is 30.1 Å². The van der Waals surface area contributed by atoms with Crippen molar-refractivity contribution in [3.8, 4) is 5.75 Å². The maximum Gasteiger partial charge on any atom is 0.119 e. The van der Waals surface area contributed by atoms with Crippen LogP contribution < -0.4 is 0 Å². The molecular weight excluding hydrogens is 188 g/mol. The van der Waals surface area contributed by atoms with Crippen LogP contribution in [0.1, 0.15) is 38.3 Å². The summed E-state index contributed by atoms with van der Waals surface area (Å²) in [5.41, 5.74) is 2.05. The highest BCUT2D eigenvalue weighted by molar-refractivity contribution is 5.51. The molecule has 0 aliphatic heterocycles. The van der Waals surface area contributed by atoms with Gasteiger partial charge in [-0.1, -0.05) is 20.3 Å². The van der Waals surface area contributed by atoms with Crippen LogP contribution in [-0.4, -0.2) is 14.7 Å². The van der Waals surface area contributed by atoms with E-state index >= 15 is 0 Å². The number of hydrogen-bond acceptors (Lipinski definition) is 2. The summed E-state index contributed by atoms with van der Waals surface area (Å²) >= 11 is 0. The normalized spacial score (nSPS) is 13.2. The highest BCUT2D eigenvalue weighted by Crippen LogP contribution is 2.22.